The second kappa shape index (κ2) is 14.8. The lowest BCUT2D eigenvalue weighted by Gasteiger charge is -2.31. The lowest BCUT2D eigenvalue weighted by atomic mass is 9.81. The Morgan fingerprint density at radius 3 is 2.57 bits per heavy atom. The number of carbonyl (C=O) groups excluding carboxylic acids is 1. The summed E-state index contributed by atoms with van der Waals surface area (Å²) >= 11 is 1.71. The first-order valence-electron chi connectivity index (χ1n) is 15.9. The molecule has 3 aliphatic rings. The van der Waals surface area contributed by atoms with E-state index in [0.717, 1.165) is 25.8 Å². The average Bonchev–Trinajstić information content (AvgIpc) is 3.25. The number of rotatable bonds is 9. The predicted octanol–water partition coefficient (Wildman–Crippen LogP) is 9.52. The molecule has 2 aromatic carbocycles. The van der Waals surface area contributed by atoms with Crippen molar-refractivity contribution >= 4 is 34.5 Å². The number of allylic oxidation sites excluding steroid dienone is 11. The Hall–Kier alpha value is -3.83. The molecule has 1 atom stereocenters. The molecule has 0 aromatic heterocycles. The van der Waals surface area contributed by atoms with E-state index in [0.29, 0.717) is 24.2 Å². The Morgan fingerprint density at radius 1 is 1.07 bits per heavy atom. The summed E-state index contributed by atoms with van der Waals surface area (Å²) in [6.45, 7) is 9.41. The molecule has 1 N–H and O–H groups in total. The van der Waals surface area contributed by atoms with Gasteiger partial charge in [-0.2, -0.15) is 0 Å². The zero-order valence-electron chi connectivity index (χ0n) is 26.5. The summed E-state index contributed by atoms with van der Waals surface area (Å²) in [5.74, 6) is 0.454. The molecule has 1 unspecified atom stereocenters. The van der Waals surface area contributed by atoms with E-state index in [2.05, 4.69) is 111 Å². The molecule has 0 spiro atoms. The topological polar surface area (TPSA) is 52.9 Å². The van der Waals surface area contributed by atoms with Crippen LogP contribution >= 0.6 is 11.8 Å². The highest BCUT2D eigenvalue weighted by Crippen LogP contribution is 2.40. The van der Waals surface area contributed by atoms with Gasteiger partial charge in [0.1, 0.15) is 5.71 Å². The summed E-state index contributed by atoms with van der Waals surface area (Å²) in [6.07, 6.45) is 22.6. The maximum absolute atomic E-state index is 13.7. The number of ketones is 1. The lowest BCUT2D eigenvalue weighted by molar-refractivity contribution is -0.109. The van der Waals surface area contributed by atoms with E-state index in [1.807, 2.05) is 12.2 Å². The Labute approximate surface area is 267 Å². The van der Waals surface area contributed by atoms with Crippen LogP contribution in [-0.4, -0.2) is 35.0 Å². The molecular weight excluding hydrogens is 561 g/mol. The third-order valence-corrected chi connectivity index (χ3v) is 10.2. The number of Topliss-reactive ketones (excluding diaryl/α,β-unsaturated/α-hetero) is 1. The Balaban J connectivity index is 1.44. The van der Waals surface area contributed by atoms with Crippen LogP contribution in [0.4, 0.5) is 5.69 Å². The molecule has 0 bridgehead atoms. The quantitative estimate of drug-likeness (QED) is 0.134. The van der Waals surface area contributed by atoms with E-state index in [1.165, 1.54) is 56.0 Å². The van der Waals surface area contributed by atoms with Gasteiger partial charge in [-0.15, -0.1) is 11.8 Å². The lowest BCUT2D eigenvalue weighted by Crippen LogP contribution is -2.32. The number of thioether (sulfide) groups is 1. The zero-order valence-corrected chi connectivity index (χ0v) is 27.3. The van der Waals surface area contributed by atoms with E-state index in [-0.39, 0.29) is 17.5 Å². The number of nitrogens with zero attached hydrogens (tertiary/aromatic N) is 2. The number of hydrogen-bond acceptors (Lipinski definition) is 5. The molecule has 1 fully saturated rings. The van der Waals surface area contributed by atoms with Crippen LogP contribution in [0.25, 0.3) is 5.57 Å². The van der Waals surface area contributed by atoms with Gasteiger partial charge in [-0.05, 0) is 105 Å². The number of anilines is 1. The number of aryl methyl sites for hydroxylation is 2. The SMILES string of the molecule is CCN1c2ccc(C(C3=CC=CCC=C3)=C3CCC3)cc2C/C=C(C(=O)/C(CCSc2c(C)cccc2C)=N/O)\C=C/C1C. The fraction of sp³-hybridized carbons (Fsp3) is 0.333. The summed E-state index contributed by atoms with van der Waals surface area (Å²) in [5.41, 5.74) is 11.0. The highest BCUT2D eigenvalue weighted by molar-refractivity contribution is 7.99. The molecule has 5 heteroatoms. The molecule has 0 saturated heterocycles. The molecule has 0 radical (unpaired) electrons. The van der Waals surface area contributed by atoms with Crippen molar-refractivity contribution in [3.8, 4) is 0 Å². The summed E-state index contributed by atoms with van der Waals surface area (Å²) in [6, 6.07) is 13.2. The first kappa shape index (κ1) is 31.6. The van der Waals surface area contributed by atoms with Gasteiger partial charge >= 0.3 is 0 Å². The van der Waals surface area contributed by atoms with Crippen molar-refractivity contribution in [1.82, 2.24) is 0 Å². The maximum Gasteiger partial charge on any atom is 0.210 e. The molecule has 2 aromatic rings. The van der Waals surface area contributed by atoms with Gasteiger partial charge in [0, 0.05) is 40.9 Å². The molecule has 5 rings (SSSR count). The van der Waals surface area contributed by atoms with Gasteiger partial charge in [0.15, 0.2) is 0 Å². The second-order valence-electron chi connectivity index (χ2n) is 11.8. The highest BCUT2D eigenvalue weighted by atomic mass is 32.2. The van der Waals surface area contributed by atoms with E-state index in [4.69, 9.17) is 0 Å². The fourth-order valence-corrected chi connectivity index (χ4v) is 7.33. The smallest absolute Gasteiger partial charge is 0.210 e. The summed E-state index contributed by atoms with van der Waals surface area (Å²) < 4.78 is 0. The molecule has 228 valence electrons. The monoisotopic (exact) mass is 604 g/mol. The molecule has 4 nitrogen and oxygen atoms in total. The van der Waals surface area contributed by atoms with Crippen LogP contribution in [-0.2, 0) is 11.2 Å². The van der Waals surface area contributed by atoms with Crippen molar-refractivity contribution in [1.29, 1.82) is 0 Å². The molecule has 1 heterocycles. The number of oxime groups is 1. The van der Waals surface area contributed by atoms with Crippen LogP contribution in [0.5, 0.6) is 0 Å². The fourth-order valence-electron chi connectivity index (χ4n) is 6.24. The van der Waals surface area contributed by atoms with Gasteiger partial charge < -0.3 is 10.1 Å². The minimum absolute atomic E-state index is 0.0927. The first-order chi connectivity index (χ1) is 21.4. The molecule has 44 heavy (non-hydrogen) atoms. The predicted molar refractivity (Wildman–Crippen MR) is 187 cm³/mol. The standard InChI is InChI=1S/C39H44N2O2S/c1-5-41-29(4)18-19-32(38(42)35(40-43)24-25-44-39-27(2)12-10-13-28(39)3)20-21-33-26-34(22-23-36(33)41)37(31-16-11-17-31)30-14-8-6-7-9-15-30/h6,8-10,12-15,18-20,22-23,26,29,43H,5,7,11,16-17,21,24-25H2,1-4H3/b19-18-,32-20+,40-35+. The van der Waals surface area contributed by atoms with Crippen LogP contribution in [0, 0.1) is 13.8 Å². The third kappa shape index (κ3) is 7.10. The van der Waals surface area contributed by atoms with Crippen LogP contribution in [0.3, 0.4) is 0 Å². The summed E-state index contributed by atoms with van der Waals surface area (Å²) in [4.78, 5) is 17.4. The van der Waals surface area contributed by atoms with Gasteiger partial charge in [-0.3, -0.25) is 4.79 Å². The largest absolute Gasteiger partial charge is 0.411 e. The van der Waals surface area contributed by atoms with Gasteiger partial charge in [0.25, 0.3) is 0 Å². The van der Waals surface area contributed by atoms with Gasteiger partial charge in [-0.25, -0.2) is 0 Å². The zero-order chi connectivity index (χ0) is 31.1. The van der Waals surface area contributed by atoms with Gasteiger partial charge in [0.05, 0.1) is 0 Å². The number of fused-ring (bicyclic) bond motifs is 1. The number of likely N-dealkylation sites (N-methyl/N-ethyl adjacent to an activating group) is 1. The van der Waals surface area contributed by atoms with Crippen molar-refractivity contribution in [3.63, 3.8) is 0 Å². The van der Waals surface area contributed by atoms with Gasteiger partial charge in [0.2, 0.25) is 5.78 Å². The minimum atomic E-state index is -0.210. The maximum atomic E-state index is 13.7. The molecule has 2 aliphatic carbocycles. The van der Waals surface area contributed by atoms with Crippen LogP contribution < -0.4 is 4.90 Å². The van der Waals surface area contributed by atoms with E-state index < -0.39 is 0 Å². The average molecular weight is 605 g/mol. The van der Waals surface area contributed by atoms with Crippen LogP contribution in [0.15, 0.2) is 112 Å². The second-order valence-corrected chi connectivity index (χ2v) is 12.9. The van der Waals surface area contributed by atoms with Crippen molar-refractivity contribution in [3.05, 3.63) is 124 Å². The molecule has 1 saturated carbocycles. The number of benzene rings is 2. The van der Waals surface area contributed by atoms with E-state index in [1.54, 1.807) is 11.8 Å². The summed E-state index contributed by atoms with van der Waals surface area (Å²) in [7, 11) is 0. The molecule has 1 aliphatic heterocycles. The Morgan fingerprint density at radius 2 is 1.86 bits per heavy atom. The van der Waals surface area contributed by atoms with E-state index >= 15 is 0 Å². The van der Waals surface area contributed by atoms with Crippen LogP contribution in [0.1, 0.15) is 68.2 Å². The Kier molecular flexibility index (Phi) is 10.6. The number of hydrogen-bond donors (Lipinski definition) is 1. The normalized spacial score (nSPS) is 20.3. The van der Waals surface area contributed by atoms with Crippen LogP contribution in [0.2, 0.25) is 0 Å². The summed E-state index contributed by atoms with van der Waals surface area (Å²) in [5, 5.41) is 13.4. The van der Waals surface area contributed by atoms with Crippen molar-refractivity contribution in [2.45, 2.75) is 77.2 Å². The van der Waals surface area contributed by atoms with Gasteiger partial charge in [-0.1, -0.05) is 83.6 Å². The highest BCUT2D eigenvalue weighted by Gasteiger charge is 2.23. The third-order valence-electron chi connectivity index (χ3n) is 8.83. The van der Waals surface area contributed by atoms with Crippen molar-refractivity contribution in [2.75, 3.05) is 17.2 Å². The molecule has 0 amide bonds. The Bertz CT molecular complexity index is 1590. The minimum Gasteiger partial charge on any atom is -0.411 e. The van der Waals surface area contributed by atoms with E-state index in [9.17, 15) is 10.0 Å². The van der Waals surface area contributed by atoms with Crippen molar-refractivity contribution < 1.29 is 10.0 Å². The molecular formula is C39H44N2O2S. The number of carbonyl (C=O) groups is 1. The van der Waals surface area contributed by atoms with Crippen molar-refractivity contribution in [2.24, 2.45) is 5.16 Å². The first-order valence-corrected chi connectivity index (χ1v) is 16.9.